The van der Waals surface area contributed by atoms with E-state index in [1.807, 2.05) is 91.9 Å². The average molecular weight is 494 g/mol. The third-order valence-electron chi connectivity index (χ3n) is 6.34. The number of anilines is 1. The molecule has 0 fully saturated rings. The van der Waals surface area contributed by atoms with Crippen molar-refractivity contribution in [2.75, 3.05) is 5.32 Å². The Hall–Kier alpha value is -4.72. The van der Waals surface area contributed by atoms with E-state index in [4.69, 9.17) is 0 Å². The summed E-state index contributed by atoms with van der Waals surface area (Å²) in [5, 5.41) is 2.90. The highest BCUT2D eigenvalue weighted by atomic mass is 16.2. The fourth-order valence-electron chi connectivity index (χ4n) is 4.47. The number of rotatable bonds is 8. The number of carbonyl (C=O) groups excluding carboxylic acids is 1. The van der Waals surface area contributed by atoms with E-state index in [0.29, 0.717) is 29.8 Å². The molecule has 186 valence electrons. The van der Waals surface area contributed by atoms with E-state index >= 15 is 0 Å². The van der Waals surface area contributed by atoms with Gasteiger partial charge in [-0.3, -0.25) is 14.2 Å². The molecule has 0 radical (unpaired) electrons. The molecular formula is C29H27N5O3. The number of amides is 1. The van der Waals surface area contributed by atoms with Crippen LogP contribution in [0, 0.1) is 0 Å². The van der Waals surface area contributed by atoms with Crippen LogP contribution in [-0.4, -0.2) is 24.6 Å². The number of para-hydroxylation sites is 1. The van der Waals surface area contributed by atoms with Crippen molar-refractivity contribution < 1.29 is 4.79 Å². The molecule has 0 spiro atoms. The van der Waals surface area contributed by atoms with E-state index in [2.05, 4.69) is 10.3 Å². The van der Waals surface area contributed by atoms with Gasteiger partial charge >= 0.3 is 5.69 Å². The second-order valence-corrected chi connectivity index (χ2v) is 8.82. The highest BCUT2D eigenvalue weighted by Gasteiger charge is 2.20. The summed E-state index contributed by atoms with van der Waals surface area (Å²) < 4.78 is 4.14. The van der Waals surface area contributed by atoms with Gasteiger partial charge in [-0.1, -0.05) is 78.9 Å². The molecule has 0 unspecified atom stereocenters. The zero-order valence-electron chi connectivity index (χ0n) is 20.5. The van der Waals surface area contributed by atoms with Crippen LogP contribution in [0.5, 0.6) is 0 Å². The minimum atomic E-state index is -0.574. The van der Waals surface area contributed by atoms with Crippen LogP contribution in [0.3, 0.4) is 0 Å². The number of aromatic nitrogens is 4. The SMILES string of the molecule is CCn1cnc2c1c(=O)n(CC(=O)Nc1ccccc1Cc1ccccc1)c(=O)n2Cc1ccccc1. The van der Waals surface area contributed by atoms with E-state index in [0.717, 1.165) is 21.3 Å². The number of aryl methyl sites for hydroxylation is 1. The molecule has 0 aliphatic carbocycles. The molecule has 1 amide bonds. The summed E-state index contributed by atoms with van der Waals surface area (Å²) in [5.41, 5.74) is 3.10. The maximum Gasteiger partial charge on any atom is 0.333 e. The molecule has 37 heavy (non-hydrogen) atoms. The first-order valence-corrected chi connectivity index (χ1v) is 12.2. The Morgan fingerprint density at radius 3 is 2.19 bits per heavy atom. The summed E-state index contributed by atoms with van der Waals surface area (Å²) in [5.74, 6) is -0.451. The van der Waals surface area contributed by atoms with Gasteiger partial charge in [-0.2, -0.15) is 0 Å². The zero-order valence-corrected chi connectivity index (χ0v) is 20.5. The number of benzene rings is 3. The van der Waals surface area contributed by atoms with Crippen molar-refractivity contribution in [3.05, 3.63) is 129 Å². The standard InChI is InChI=1S/C29H27N5O3/c1-2-32-20-30-27-26(32)28(36)34(29(37)33(27)18-22-13-7-4-8-14-22)19-25(35)31-24-16-10-9-15-23(24)17-21-11-5-3-6-12-21/h3-16,20H,2,17-19H2,1H3,(H,31,35). The highest BCUT2D eigenvalue weighted by molar-refractivity contribution is 5.91. The van der Waals surface area contributed by atoms with Crippen molar-refractivity contribution in [3.8, 4) is 0 Å². The fraction of sp³-hybridized carbons (Fsp3) is 0.172. The van der Waals surface area contributed by atoms with Crippen LogP contribution in [0.2, 0.25) is 0 Å². The predicted octanol–water partition coefficient (Wildman–Crippen LogP) is 3.66. The lowest BCUT2D eigenvalue weighted by atomic mass is 10.0. The fourth-order valence-corrected chi connectivity index (χ4v) is 4.47. The third kappa shape index (κ3) is 4.99. The molecule has 0 aliphatic heterocycles. The molecule has 8 heteroatoms. The monoisotopic (exact) mass is 493 g/mol. The average Bonchev–Trinajstić information content (AvgIpc) is 3.36. The van der Waals surface area contributed by atoms with E-state index in [9.17, 15) is 14.4 Å². The summed E-state index contributed by atoms with van der Waals surface area (Å²) in [6.07, 6.45) is 2.19. The minimum absolute atomic E-state index is 0.235. The first-order chi connectivity index (χ1) is 18.0. The van der Waals surface area contributed by atoms with Crippen LogP contribution < -0.4 is 16.6 Å². The van der Waals surface area contributed by atoms with Crippen molar-refractivity contribution in [1.82, 2.24) is 18.7 Å². The predicted molar refractivity (Wildman–Crippen MR) is 144 cm³/mol. The van der Waals surface area contributed by atoms with Crippen LogP contribution in [0.25, 0.3) is 11.2 Å². The number of nitrogens with zero attached hydrogens (tertiary/aromatic N) is 4. The number of carbonyl (C=O) groups is 1. The quantitative estimate of drug-likeness (QED) is 0.357. The van der Waals surface area contributed by atoms with Gasteiger partial charge in [0.2, 0.25) is 5.91 Å². The van der Waals surface area contributed by atoms with E-state index in [-0.39, 0.29) is 6.54 Å². The molecule has 2 aromatic heterocycles. The summed E-state index contributed by atoms with van der Waals surface area (Å²) in [6.45, 7) is 2.23. The molecule has 2 heterocycles. The van der Waals surface area contributed by atoms with Crippen molar-refractivity contribution in [3.63, 3.8) is 0 Å². The molecule has 3 aromatic carbocycles. The Balaban J connectivity index is 1.49. The van der Waals surface area contributed by atoms with Gasteiger partial charge in [-0.15, -0.1) is 0 Å². The topological polar surface area (TPSA) is 90.9 Å². The lowest BCUT2D eigenvalue weighted by Gasteiger charge is -2.14. The number of imidazole rings is 1. The lowest BCUT2D eigenvalue weighted by molar-refractivity contribution is -0.116. The summed E-state index contributed by atoms with van der Waals surface area (Å²) in [6, 6.07) is 27.0. The molecule has 5 aromatic rings. The van der Waals surface area contributed by atoms with Gasteiger partial charge in [0.1, 0.15) is 6.54 Å². The van der Waals surface area contributed by atoms with Crippen molar-refractivity contribution in [2.45, 2.75) is 33.0 Å². The maximum absolute atomic E-state index is 13.5. The third-order valence-corrected chi connectivity index (χ3v) is 6.34. The van der Waals surface area contributed by atoms with Crippen molar-refractivity contribution in [1.29, 1.82) is 0 Å². The molecular weight excluding hydrogens is 466 g/mol. The van der Waals surface area contributed by atoms with Gasteiger partial charge < -0.3 is 9.88 Å². The van der Waals surface area contributed by atoms with Gasteiger partial charge in [-0.25, -0.2) is 14.3 Å². The first kappa shape index (κ1) is 24.0. The van der Waals surface area contributed by atoms with E-state index in [1.54, 1.807) is 10.9 Å². The van der Waals surface area contributed by atoms with Crippen LogP contribution >= 0.6 is 0 Å². The van der Waals surface area contributed by atoms with Crippen LogP contribution in [0.4, 0.5) is 5.69 Å². The molecule has 0 saturated carbocycles. The van der Waals surface area contributed by atoms with Gasteiger partial charge in [0, 0.05) is 12.2 Å². The Morgan fingerprint density at radius 1 is 0.838 bits per heavy atom. The Bertz CT molecular complexity index is 1670. The van der Waals surface area contributed by atoms with Crippen LogP contribution in [-0.2, 0) is 30.8 Å². The summed E-state index contributed by atoms with van der Waals surface area (Å²) in [4.78, 5) is 44.4. The highest BCUT2D eigenvalue weighted by Crippen LogP contribution is 2.19. The van der Waals surface area contributed by atoms with E-state index in [1.165, 1.54) is 4.57 Å². The molecule has 1 N–H and O–H groups in total. The zero-order chi connectivity index (χ0) is 25.8. The van der Waals surface area contributed by atoms with Gasteiger partial charge in [-0.05, 0) is 36.1 Å². The van der Waals surface area contributed by atoms with Crippen molar-refractivity contribution >= 4 is 22.8 Å². The van der Waals surface area contributed by atoms with Crippen LogP contribution in [0.15, 0.2) is 101 Å². The first-order valence-electron chi connectivity index (χ1n) is 12.2. The van der Waals surface area contributed by atoms with Crippen LogP contribution in [0.1, 0.15) is 23.6 Å². The van der Waals surface area contributed by atoms with Gasteiger partial charge in [0.25, 0.3) is 5.56 Å². The molecule has 0 atom stereocenters. The normalized spacial score (nSPS) is 11.1. The van der Waals surface area contributed by atoms with Crippen molar-refractivity contribution in [2.24, 2.45) is 0 Å². The second kappa shape index (κ2) is 10.5. The second-order valence-electron chi connectivity index (χ2n) is 8.82. The minimum Gasteiger partial charge on any atom is -0.325 e. The summed E-state index contributed by atoms with van der Waals surface area (Å²) in [7, 11) is 0. The Morgan fingerprint density at radius 2 is 1.49 bits per heavy atom. The maximum atomic E-state index is 13.5. The number of hydrogen-bond acceptors (Lipinski definition) is 4. The molecule has 8 nitrogen and oxygen atoms in total. The lowest BCUT2D eigenvalue weighted by Crippen LogP contribution is -2.43. The number of fused-ring (bicyclic) bond motifs is 1. The number of nitrogens with one attached hydrogen (secondary N) is 1. The van der Waals surface area contributed by atoms with E-state index < -0.39 is 23.7 Å². The molecule has 0 aliphatic rings. The molecule has 5 rings (SSSR count). The molecule has 0 bridgehead atoms. The van der Waals surface area contributed by atoms with Gasteiger partial charge in [0.15, 0.2) is 11.2 Å². The Kier molecular flexibility index (Phi) is 6.81. The summed E-state index contributed by atoms with van der Waals surface area (Å²) >= 11 is 0. The van der Waals surface area contributed by atoms with Gasteiger partial charge in [0.05, 0.1) is 12.9 Å². The largest absolute Gasteiger partial charge is 0.333 e. The Labute approximate surface area is 213 Å². The number of hydrogen-bond donors (Lipinski definition) is 1. The molecule has 0 saturated heterocycles. The smallest absolute Gasteiger partial charge is 0.325 e.